The van der Waals surface area contributed by atoms with Gasteiger partial charge in [0.1, 0.15) is 0 Å². The molecule has 118 valence electrons. The van der Waals surface area contributed by atoms with Gasteiger partial charge < -0.3 is 9.84 Å². The first-order chi connectivity index (χ1) is 9.87. The molecule has 1 N–H and O–H groups in total. The Morgan fingerprint density at radius 1 is 1.48 bits per heavy atom. The fraction of sp³-hybridized carbons (Fsp3) is 0.600. The number of aliphatic hydroxyl groups excluding tert-OH is 1. The van der Waals surface area contributed by atoms with Crippen molar-refractivity contribution in [1.82, 2.24) is 4.31 Å². The molecule has 0 aliphatic carbocycles. The van der Waals surface area contributed by atoms with E-state index in [2.05, 4.69) is 0 Å². The van der Waals surface area contributed by atoms with Crippen LogP contribution in [0.4, 0.5) is 0 Å². The van der Waals surface area contributed by atoms with Gasteiger partial charge in [-0.2, -0.15) is 4.31 Å². The number of hydrogen-bond donors (Lipinski definition) is 1. The van der Waals surface area contributed by atoms with E-state index in [1.54, 1.807) is 31.3 Å². The Hall–Kier alpha value is -0.950. The van der Waals surface area contributed by atoms with Gasteiger partial charge in [0.2, 0.25) is 10.0 Å². The summed E-state index contributed by atoms with van der Waals surface area (Å²) in [5, 5.41) is 9.88. The van der Waals surface area contributed by atoms with E-state index in [9.17, 15) is 13.5 Å². The summed E-state index contributed by atoms with van der Waals surface area (Å²) in [6.45, 7) is 4.33. The van der Waals surface area contributed by atoms with Crippen molar-refractivity contribution < 1.29 is 18.3 Å². The zero-order chi connectivity index (χ0) is 15.6. The van der Waals surface area contributed by atoms with Gasteiger partial charge in [0.05, 0.1) is 23.1 Å². The molecular weight excluding hydrogens is 290 g/mol. The van der Waals surface area contributed by atoms with Gasteiger partial charge in [-0.1, -0.05) is 19.1 Å². The van der Waals surface area contributed by atoms with Crippen LogP contribution in [0.2, 0.25) is 0 Å². The Morgan fingerprint density at radius 3 is 2.76 bits per heavy atom. The van der Waals surface area contributed by atoms with Crippen molar-refractivity contribution in [2.24, 2.45) is 0 Å². The summed E-state index contributed by atoms with van der Waals surface area (Å²) < 4.78 is 32.3. The van der Waals surface area contributed by atoms with E-state index in [1.165, 1.54) is 4.31 Å². The maximum absolute atomic E-state index is 12.7. The average Bonchev–Trinajstić information content (AvgIpc) is 2.91. The van der Waals surface area contributed by atoms with E-state index in [0.717, 1.165) is 0 Å². The van der Waals surface area contributed by atoms with Crippen LogP contribution in [-0.2, 0) is 14.8 Å². The molecule has 1 aliphatic rings. The first-order valence-electron chi connectivity index (χ1n) is 7.25. The lowest BCUT2D eigenvalue weighted by Crippen LogP contribution is -2.40. The molecule has 6 heteroatoms. The van der Waals surface area contributed by atoms with Gasteiger partial charge in [-0.05, 0) is 37.5 Å². The summed E-state index contributed by atoms with van der Waals surface area (Å²) in [5.74, 6) is 0. The first-order valence-corrected chi connectivity index (χ1v) is 8.69. The van der Waals surface area contributed by atoms with Crippen molar-refractivity contribution in [3.05, 3.63) is 29.8 Å². The van der Waals surface area contributed by atoms with E-state index < -0.39 is 16.1 Å². The quantitative estimate of drug-likeness (QED) is 0.902. The molecule has 1 saturated heterocycles. The molecule has 1 fully saturated rings. The minimum atomic E-state index is -3.58. The predicted octanol–water partition coefficient (Wildman–Crippen LogP) is 1.93. The van der Waals surface area contributed by atoms with Crippen LogP contribution in [0.15, 0.2) is 29.2 Å². The first kappa shape index (κ1) is 16.4. The second-order valence-electron chi connectivity index (χ2n) is 5.45. The summed E-state index contributed by atoms with van der Waals surface area (Å²) in [4.78, 5) is 0.217. The summed E-state index contributed by atoms with van der Waals surface area (Å²) >= 11 is 0. The molecule has 0 saturated carbocycles. The largest absolute Gasteiger partial charge is 0.388 e. The predicted molar refractivity (Wildman–Crippen MR) is 80.5 cm³/mol. The maximum Gasteiger partial charge on any atom is 0.243 e. The minimum Gasteiger partial charge on any atom is -0.388 e. The third-order valence-corrected chi connectivity index (χ3v) is 5.99. The van der Waals surface area contributed by atoms with Crippen molar-refractivity contribution in [3.8, 4) is 0 Å². The molecule has 0 radical (unpaired) electrons. The van der Waals surface area contributed by atoms with Crippen LogP contribution in [-0.4, -0.2) is 43.6 Å². The molecular formula is C15H23NO4S. The minimum absolute atomic E-state index is 0.103. The Balaban J connectivity index is 2.31. The van der Waals surface area contributed by atoms with E-state index >= 15 is 0 Å². The van der Waals surface area contributed by atoms with E-state index in [0.29, 0.717) is 25.0 Å². The number of sulfonamides is 1. The highest BCUT2D eigenvalue weighted by Gasteiger charge is 2.35. The number of rotatable bonds is 5. The lowest BCUT2D eigenvalue weighted by atomic mass is 10.1. The molecule has 0 bridgehead atoms. The number of nitrogens with zero attached hydrogens (tertiary/aromatic N) is 1. The Kier molecular flexibility index (Phi) is 5.03. The van der Waals surface area contributed by atoms with Gasteiger partial charge in [-0.3, -0.25) is 0 Å². The maximum atomic E-state index is 12.7. The number of benzene rings is 1. The van der Waals surface area contributed by atoms with Crippen LogP contribution in [0.3, 0.4) is 0 Å². The van der Waals surface area contributed by atoms with Crippen molar-refractivity contribution in [2.45, 2.75) is 49.8 Å². The fourth-order valence-corrected chi connectivity index (χ4v) is 4.16. The van der Waals surface area contributed by atoms with Crippen molar-refractivity contribution in [1.29, 1.82) is 0 Å². The second kappa shape index (κ2) is 6.44. The van der Waals surface area contributed by atoms with E-state index in [-0.39, 0.29) is 17.0 Å². The molecule has 5 nitrogen and oxygen atoms in total. The summed E-state index contributed by atoms with van der Waals surface area (Å²) in [6.07, 6.45) is 0.509. The SMILES string of the molecule is CCC(O)c1cccc(S(=O)(=O)N(C)C2CCOC2C)c1. The summed E-state index contributed by atoms with van der Waals surface area (Å²) in [5.41, 5.74) is 0.627. The number of hydrogen-bond acceptors (Lipinski definition) is 4. The van der Waals surface area contributed by atoms with Crippen LogP contribution in [0.5, 0.6) is 0 Å². The monoisotopic (exact) mass is 313 g/mol. The molecule has 0 amide bonds. The Bertz CT molecular complexity index is 587. The molecule has 3 unspecified atom stereocenters. The number of ether oxygens (including phenoxy) is 1. The van der Waals surface area contributed by atoms with Gasteiger partial charge in [0, 0.05) is 13.7 Å². The van der Waals surface area contributed by atoms with Crippen LogP contribution in [0.25, 0.3) is 0 Å². The second-order valence-corrected chi connectivity index (χ2v) is 7.45. The fourth-order valence-electron chi connectivity index (χ4n) is 2.66. The van der Waals surface area contributed by atoms with Gasteiger partial charge in [0.25, 0.3) is 0 Å². The summed E-state index contributed by atoms with van der Waals surface area (Å²) in [6, 6.07) is 6.39. The molecule has 1 aromatic rings. The standard InChI is InChI=1S/C15H23NO4S/c1-4-15(17)12-6-5-7-13(10-12)21(18,19)16(3)14-8-9-20-11(14)2/h5-7,10-11,14-15,17H,4,8-9H2,1-3H3. The number of aliphatic hydroxyl groups is 1. The Morgan fingerprint density at radius 2 is 2.19 bits per heavy atom. The molecule has 1 aromatic carbocycles. The van der Waals surface area contributed by atoms with Gasteiger partial charge in [-0.15, -0.1) is 0 Å². The zero-order valence-electron chi connectivity index (χ0n) is 12.7. The van der Waals surface area contributed by atoms with Crippen LogP contribution in [0.1, 0.15) is 38.4 Å². The normalized spacial score (nSPS) is 24.4. The third-order valence-electron chi connectivity index (χ3n) is 4.11. The molecule has 0 aromatic heterocycles. The average molecular weight is 313 g/mol. The highest BCUT2D eigenvalue weighted by atomic mass is 32.2. The Labute approximate surface area is 126 Å². The van der Waals surface area contributed by atoms with Gasteiger partial charge in [0.15, 0.2) is 0 Å². The smallest absolute Gasteiger partial charge is 0.243 e. The van der Waals surface area contributed by atoms with Crippen molar-refractivity contribution in [2.75, 3.05) is 13.7 Å². The lowest BCUT2D eigenvalue weighted by Gasteiger charge is -2.26. The van der Waals surface area contributed by atoms with Gasteiger partial charge >= 0.3 is 0 Å². The lowest BCUT2D eigenvalue weighted by molar-refractivity contribution is 0.102. The molecule has 21 heavy (non-hydrogen) atoms. The van der Waals surface area contributed by atoms with Crippen LogP contribution in [0, 0.1) is 0 Å². The summed E-state index contributed by atoms with van der Waals surface area (Å²) in [7, 11) is -1.99. The molecule has 2 rings (SSSR count). The zero-order valence-corrected chi connectivity index (χ0v) is 13.5. The van der Waals surface area contributed by atoms with Crippen LogP contribution >= 0.6 is 0 Å². The molecule has 1 heterocycles. The number of likely N-dealkylation sites (N-methyl/N-ethyl adjacent to an activating group) is 1. The van der Waals surface area contributed by atoms with Gasteiger partial charge in [-0.25, -0.2) is 8.42 Å². The van der Waals surface area contributed by atoms with E-state index in [1.807, 2.05) is 13.8 Å². The third kappa shape index (κ3) is 3.29. The highest BCUT2D eigenvalue weighted by Crippen LogP contribution is 2.26. The van der Waals surface area contributed by atoms with Crippen molar-refractivity contribution >= 4 is 10.0 Å². The molecule has 0 spiro atoms. The molecule has 1 aliphatic heterocycles. The molecule has 3 atom stereocenters. The van der Waals surface area contributed by atoms with Crippen LogP contribution < -0.4 is 0 Å². The van der Waals surface area contributed by atoms with E-state index in [4.69, 9.17) is 4.74 Å². The highest BCUT2D eigenvalue weighted by molar-refractivity contribution is 7.89. The van der Waals surface area contributed by atoms with Crippen molar-refractivity contribution in [3.63, 3.8) is 0 Å². The topological polar surface area (TPSA) is 66.8 Å².